The smallest absolute Gasteiger partial charge is 0.145 e. The average Bonchev–Trinajstić information content (AvgIpc) is 3.97. The van der Waals surface area contributed by atoms with Crippen LogP contribution in [0.4, 0.5) is 17.1 Å². The van der Waals surface area contributed by atoms with E-state index in [1.165, 1.54) is 82.4 Å². The average molecular weight is 879 g/mol. The second-order valence-electron chi connectivity index (χ2n) is 18.0. The molecule has 322 valence electrons. The molecule has 14 aromatic rings. The number of fused-ring (bicyclic) bond motifs is 11. The van der Waals surface area contributed by atoms with Crippen LogP contribution in [-0.2, 0) is 0 Å². The second-order valence-corrected chi connectivity index (χ2v) is 18.0. The van der Waals surface area contributed by atoms with Crippen molar-refractivity contribution in [3.8, 4) is 39.1 Å². The first kappa shape index (κ1) is 39.0. The Morgan fingerprint density at radius 3 is 1.71 bits per heavy atom. The minimum Gasteiger partial charge on any atom is -0.455 e. The predicted molar refractivity (Wildman–Crippen MR) is 292 cm³/mol. The van der Waals surface area contributed by atoms with Crippen LogP contribution in [0.15, 0.2) is 259 Å². The van der Waals surface area contributed by atoms with Gasteiger partial charge in [0.05, 0.1) is 16.7 Å². The monoisotopic (exact) mass is 878 g/mol. The van der Waals surface area contributed by atoms with Gasteiger partial charge in [-0.2, -0.15) is 0 Å². The molecule has 0 spiro atoms. The molecule has 0 aliphatic carbocycles. The lowest BCUT2D eigenvalue weighted by Gasteiger charge is -2.27. The molecule has 0 radical (unpaired) electrons. The van der Waals surface area contributed by atoms with Crippen molar-refractivity contribution >= 4 is 93.1 Å². The molecule has 14 rings (SSSR count). The number of hydrogen-bond acceptors (Lipinski definition) is 2. The molecular weight excluding hydrogens is 837 g/mol. The highest BCUT2D eigenvalue weighted by atomic mass is 16.3. The minimum absolute atomic E-state index is 0.889. The Morgan fingerprint density at radius 1 is 0.319 bits per heavy atom. The molecule has 0 unspecified atom stereocenters. The standard InChI is InChI=1S/C66H42N2O/c1-3-14-43(15-4-1)53-19-7-8-20-54(53)44-28-33-51(34-29-44)67(63-24-13-16-45-30-37-59-58-22-10-12-25-64(58)69-66(59)65(45)63)52-35-38-56-49(41-52)27-26-48-40-46(31-36-55(48)56)47-32-39-62-60(42-47)57-21-9-11-23-61(57)68(62)50-17-5-2-6-18-50/h1-42H. The molecule has 0 saturated heterocycles. The van der Waals surface area contributed by atoms with E-state index in [-0.39, 0.29) is 0 Å². The van der Waals surface area contributed by atoms with Gasteiger partial charge >= 0.3 is 0 Å². The lowest BCUT2D eigenvalue weighted by Crippen LogP contribution is -2.10. The van der Waals surface area contributed by atoms with E-state index in [0.29, 0.717) is 0 Å². The Bertz CT molecular complexity index is 4300. The highest BCUT2D eigenvalue weighted by Gasteiger charge is 2.21. The fourth-order valence-electron chi connectivity index (χ4n) is 10.9. The van der Waals surface area contributed by atoms with Gasteiger partial charge in [0.25, 0.3) is 0 Å². The van der Waals surface area contributed by atoms with Crippen molar-refractivity contribution in [2.24, 2.45) is 0 Å². The van der Waals surface area contributed by atoms with Crippen LogP contribution >= 0.6 is 0 Å². The number of hydrogen-bond donors (Lipinski definition) is 0. The van der Waals surface area contributed by atoms with Crippen molar-refractivity contribution < 1.29 is 4.42 Å². The molecule has 0 atom stereocenters. The first-order chi connectivity index (χ1) is 34.2. The number of para-hydroxylation sites is 3. The summed E-state index contributed by atoms with van der Waals surface area (Å²) < 4.78 is 9.12. The SMILES string of the molecule is c1ccc(-c2ccccc2-c2ccc(N(c3ccc4c(ccc5cc(-c6ccc7c(c6)c6ccccc6n7-c6ccccc6)ccc54)c3)c3cccc4ccc5c6ccccc6oc5c34)cc2)cc1. The predicted octanol–water partition coefficient (Wildman–Crippen LogP) is 18.6. The highest BCUT2D eigenvalue weighted by Crippen LogP contribution is 2.46. The molecule has 0 saturated carbocycles. The molecule has 2 heterocycles. The van der Waals surface area contributed by atoms with Gasteiger partial charge in [0, 0.05) is 44.0 Å². The molecule has 0 fully saturated rings. The second kappa shape index (κ2) is 15.7. The maximum absolute atomic E-state index is 6.75. The Morgan fingerprint density at radius 2 is 0.899 bits per heavy atom. The van der Waals surface area contributed by atoms with E-state index in [0.717, 1.165) is 49.8 Å². The van der Waals surface area contributed by atoms with E-state index in [4.69, 9.17) is 4.42 Å². The van der Waals surface area contributed by atoms with E-state index in [2.05, 4.69) is 258 Å². The number of anilines is 3. The number of aromatic nitrogens is 1. The van der Waals surface area contributed by atoms with Crippen LogP contribution in [0.1, 0.15) is 0 Å². The van der Waals surface area contributed by atoms with Crippen molar-refractivity contribution in [3.05, 3.63) is 255 Å². The van der Waals surface area contributed by atoms with Gasteiger partial charge in [-0.25, -0.2) is 0 Å². The van der Waals surface area contributed by atoms with Crippen molar-refractivity contribution in [2.75, 3.05) is 4.90 Å². The maximum atomic E-state index is 6.75. The number of furan rings is 1. The summed E-state index contributed by atoms with van der Waals surface area (Å²) in [7, 11) is 0. The lowest BCUT2D eigenvalue weighted by molar-refractivity contribution is 0.672. The van der Waals surface area contributed by atoms with Crippen LogP contribution in [0.3, 0.4) is 0 Å². The van der Waals surface area contributed by atoms with Crippen LogP contribution in [0.5, 0.6) is 0 Å². The van der Waals surface area contributed by atoms with Crippen molar-refractivity contribution in [1.29, 1.82) is 0 Å². The quantitative estimate of drug-likeness (QED) is 0.149. The summed E-state index contributed by atoms with van der Waals surface area (Å²) in [6.07, 6.45) is 0. The summed E-state index contributed by atoms with van der Waals surface area (Å²) in [5.74, 6) is 0. The topological polar surface area (TPSA) is 21.3 Å². The van der Waals surface area contributed by atoms with E-state index in [9.17, 15) is 0 Å². The summed E-state index contributed by atoms with van der Waals surface area (Å²) in [4.78, 5) is 2.40. The largest absolute Gasteiger partial charge is 0.455 e. The van der Waals surface area contributed by atoms with Gasteiger partial charge in [-0.05, 0) is 139 Å². The Kier molecular flexibility index (Phi) is 8.90. The molecule has 2 aromatic heterocycles. The van der Waals surface area contributed by atoms with E-state index in [1.807, 2.05) is 6.07 Å². The summed E-state index contributed by atoms with van der Waals surface area (Å²) >= 11 is 0. The third-order valence-corrected chi connectivity index (χ3v) is 14.2. The normalized spacial score (nSPS) is 11.8. The van der Waals surface area contributed by atoms with Crippen molar-refractivity contribution in [2.45, 2.75) is 0 Å². The van der Waals surface area contributed by atoms with E-state index in [1.54, 1.807) is 0 Å². The third-order valence-electron chi connectivity index (χ3n) is 14.2. The van der Waals surface area contributed by atoms with Gasteiger partial charge in [-0.3, -0.25) is 0 Å². The van der Waals surface area contributed by atoms with Gasteiger partial charge in [0.2, 0.25) is 0 Å². The number of rotatable bonds is 7. The first-order valence-electron chi connectivity index (χ1n) is 23.7. The Balaban J connectivity index is 0.899. The zero-order valence-electron chi connectivity index (χ0n) is 37.6. The molecule has 3 heteroatoms. The summed E-state index contributed by atoms with van der Waals surface area (Å²) in [6.45, 7) is 0. The van der Waals surface area contributed by atoms with Crippen LogP contribution in [0, 0.1) is 0 Å². The lowest BCUT2D eigenvalue weighted by atomic mass is 9.94. The van der Waals surface area contributed by atoms with Gasteiger partial charge in [-0.1, -0.05) is 176 Å². The molecule has 0 aliphatic rings. The van der Waals surface area contributed by atoms with Gasteiger partial charge < -0.3 is 13.9 Å². The summed E-state index contributed by atoms with van der Waals surface area (Å²) in [5.41, 5.74) is 15.7. The summed E-state index contributed by atoms with van der Waals surface area (Å²) in [5, 5.41) is 11.8. The van der Waals surface area contributed by atoms with E-state index >= 15 is 0 Å². The van der Waals surface area contributed by atoms with Crippen molar-refractivity contribution in [3.63, 3.8) is 0 Å². The number of nitrogens with zero attached hydrogens (tertiary/aromatic N) is 2. The van der Waals surface area contributed by atoms with Gasteiger partial charge in [0.15, 0.2) is 0 Å². The first-order valence-corrected chi connectivity index (χ1v) is 23.7. The molecule has 12 aromatic carbocycles. The minimum atomic E-state index is 0.889. The molecule has 0 bridgehead atoms. The highest BCUT2D eigenvalue weighted by molar-refractivity contribution is 6.20. The molecule has 0 aliphatic heterocycles. The van der Waals surface area contributed by atoms with Gasteiger partial charge in [0.1, 0.15) is 11.2 Å². The zero-order valence-corrected chi connectivity index (χ0v) is 37.6. The van der Waals surface area contributed by atoms with Crippen LogP contribution in [0.2, 0.25) is 0 Å². The molecule has 0 amide bonds. The van der Waals surface area contributed by atoms with Crippen LogP contribution in [-0.4, -0.2) is 4.57 Å². The fourth-order valence-corrected chi connectivity index (χ4v) is 10.9. The molecule has 0 N–H and O–H groups in total. The summed E-state index contributed by atoms with van der Waals surface area (Å²) in [6, 6.07) is 92.4. The van der Waals surface area contributed by atoms with Crippen molar-refractivity contribution in [1.82, 2.24) is 4.57 Å². The Labute approximate surface area is 399 Å². The Hall–Kier alpha value is -9.18. The molecular formula is C66H42N2O. The third kappa shape index (κ3) is 6.36. The van der Waals surface area contributed by atoms with E-state index < -0.39 is 0 Å². The molecule has 3 nitrogen and oxygen atoms in total. The maximum Gasteiger partial charge on any atom is 0.145 e. The number of benzene rings is 12. The van der Waals surface area contributed by atoms with Crippen LogP contribution < -0.4 is 4.90 Å². The zero-order chi connectivity index (χ0) is 45.4. The van der Waals surface area contributed by atoms with Crippen LogP contribution in [0.25, 0.3) is 115 Å². The molecule has 69 heavy (non-hydrogen) atoms. The fraction of sp³-hybridized carbons (Fsp3) is 0. The van der Waals surface area contributed by atoms with Gasteiger partial charge in [-0.15, -0.1) is 0 Å².